The van der Waals surface area contributed by atoms with Gasteiger partial charge in [-0.15, -0.1) is 0 Å². The monoisotopic (exact) mass is 306 g/mol. The average Bonchev–Trinajstić information content (AvgIpc) is 2.54. The molecule has 2 rings (SSSR count). The summed E-state index contributed by atoms with van der Waals surface area (Å²) in [7, 11) is 0. The molecule has 0 fully saturated rings. The van der Waals surface area contributed by atoms with Gasteiger partial charge in [-0.1, -0.05) is 15.9 Å². The lowest BCUT2D eigenvalue weighted by molar-refractivity contribution is 0.0616. The van der Waals surface area contributed by atoms with Crippen molar-refractivity contribution in [3.05, 3.63) is 33.8 Å². The summed E-state index contributed by atoms with van der Waals surface area (Å²) in [6.45, 7) is 3.51. The van der Waals surface area contributed by atoms with Gasteiger partial charge in [0.1, 0.15) is 0 Å². The molecular weight excluding hydrogens is 296 g/mol. The molecule has 92 valence electrons. The lowest BCUT2D eigenvalue weighted by Gasteiger charge is -2.22. The van der Waals surface area contributed by atoms with Crippen LogP contribution in [0.4, 0.5) is 0 Å². The minimum atomic E-state index is -0.745. The third-order valence-corrected chi connectivity index (χ3v) is 3.28. The average molecular weight is 307 g/mol. The van der Waals surface area contributed by atoms with Crippen molar-refractivity contribution < 1.29 is 9.59 Å². The molecule has 1 aliphatic rings. The number of halogens is 1. The van der Waals surface area contributed by atoms with Crippen molar-refractivity contribution in [2.24, 2.45) is 5.41 Å². The molecule has 0 aliphatic carbocycles. The highest BCUT2D eigenvalue weighted by molar-refractivity contribution is 9.10. The molecule has 0 aromatic heterocycles. The Balaban J connectivity index is 2.38. The highest BCUT2D eigenvalue weighted by atomic mass is 79.9. The van der Waals surface area contributed by atoms with Gasteiger partial charge in [-0.05, 0) is 32.0 Å². The van der Waals surface area contributed by atoms with E-state index in [-0.39, 0.29) is 18.4 Å². The first-order chi connectivity index (χ1) is 8.35. The second-order valence-corrected chi connectivity index (χ2v) is 5.80. The lowest BCUT2D eigenvalue weighted by atomic mass is 9.95. The van der Waals surface area contributed by atoms with E-state index >= 15 is 0 Å². The van der Waals surface area contributed by atoms with Crippen LogP contribution in [0.15, 0.2) is 22.7 Å². The van der Waals surface area contributed by atoms with E-state index in [9.17, 15) is 9.59 Å². The predicted octanol–water partition coefficient (Wildman–Crippen LogP) is 2.59. The van der Waals surface area contributed by atoms with E-state index < -0.39 is 5.41 Å². The van der Waals surface area contributed by atoms with E-state index in [1.165, 1.54) is 0 Å². The van der Waals surface area contributed by atoms with E-state index in [2.05, 4.69) is 22.0 Å². The van der Waals surface area contributed by atoms with E-state index in [4.69, 9.17) is 5.26 Å². The van der Waals surface area contributed by atoms with Crippen molar-refractivity contribution in [3.63, 3.8) is 0 Å². The van der Waals surface area contributed by atoms with Crippen molar-refractivity contribution >= 4 is 27.7 Å². The van der Waals surface area contributed by atoms with Crippen LogP contribution in [-0.2, 0) is 0 Å². The summed E-state index contributed by atoms with van der Waals surface area (Å²) in [5.74, 6) is -0.662. The first kappa shape index (κ1) is 12.8. The topological polar surface area (TPSA) is 61.2 Å². The molecule has 0 saturated heterocycles. The molecule has 0 N–H and O–H groups in total. The van der Waals surface area contributed by atoms with E-state index in [1.54, 1.807) is 32.0 Å². The highest BCUT2D eigenvalue weighted by Crippen LogP contribution is 2.28. The van der Waals surface area contributed by atoms with Gasteiger partial charge in [0, 0.05) is 11.0 Å². The summed E-state index contributed by atoms with van der Waals surface area (Å²) in [6, 6.07) is 7.08. The van der Waals surface area contributed by atoms with Gasteiger partial charge in [0.2, 0.25) is 0 Å². The maximum atomic E-state index is 12.1. The number of hydrogen-bond donors (Lipinski definition) is 0. The Labute approximate surface area is 113 Å². The summed E-state index contributed by atoms with van der Waals surface area (Å²) < 4.78 is 0.754. The molecule has 1 aromatic rings. The molecule has 0 atom stereocenters. The van der Waals surface area contributed by atoms with Crippen molar-refractivity contribution in [2.75, 3.05) is 6.54 Å². The molecule has 1 aromatic carbocycles. The first-order valence-electron chi connectivity index (χ1n) is 5.43. The largest absolute Gasteiger partial charge is 0.273 e. The Bertz CT molecular complexity index is 587. The van der Waals surface area contributed by atoms with Gasteiger partial charge in [-0.2, -0.15) is 5.26 Å². The summed E-state index contributed by atoms with van der Waals surface area (Å²) in [6.07, 6.45) is 0. The standard InChI is InChI=1S/C13H11BrN2O2/c1-13(2,6-15)7-16-11(17)9-4-3-8(14)5-10(9)12(16)18/h3-5H,7H2,1-2H3. The maximum absolute atomic E-state index is 12.1. The van der Waals surface area contributed by atoms with Crippen LogP contribution in [0.1, 0.15) is 34.6 Å². The Kier molecular flexibility index (Phi) is 2.99. The fourth-order valence-electron chi connectivity index (χ4n) is 1.84. The molecule has 1 heterocycles. The van der Waals surface area contributed by atoms with Crippen LogP contribution < -0.4 is 0 Å². The van der Waals surface area contributed by atoms with E-state index in [0.29, 0.717) is 11.1 Å². The molecule has 0 saturated carbocycles. The Morgan fingerprint density at radius 3 is 2.50 bits per heavy atom. The second-order valence-electron chi connectivity index (χ2n) is 4.88. The number of benzene rings is 1. The number of fused-ring (bicyclic) bond motifs is 1. The number of amides is 2. The fourth-order valence-corrected chi connectivity index (χ4v) is 2.20. The minimum absolute atomic E-state index is 0.105. The molecule has 1 aliphatic heterocycles. The van der Waals surface area contributed by atoms with Crippen molar-refractivity contribution in [2.45, 2.75) is 13.8 Å². The van der Waals surface area contributed by atoms with E-state index in [1.807, 2.05) is 0 Å². The number of hydrogen-bond acceptors (Lipinski definition) is 3. The molecule has 0 unspecified atom stereocenters. The molecule has 0 spiro atoms. The minimum Gasteiger partial charge on any atom is -0.273 e. The number of nitrogens with zero attached hydrogens (tertiary/aromatic N) is 2. The zero-order valence-corrected chi connectivity index (χ0v) is 11.6. The van der Waals surface area contributed by atoms with Gasteiger partial charge < -0.3 is 0 Å². The van der Waals surface area contributed by atoms with Crippen LogP contribution in [0.3, 0.4) is 0 Å². The van der Waals surface area contributed by atoms with Crippen LogP contribution >= 0.6 is 15.9 Å². The van der Waals surface area contributed by atoms with Gasteiger partial charge in [-0.25, -0.2) is 0 Å². The van der Waals surface area contributed by atoms with Gasteiger partial charge in [0.05, 0.1) is 22.6 Å². The summed E-state index contributed by atoms with van der Waals surface area (Å²) in [4.78, 5) is 25.4. The number of nitriles is 1. The molecule has 2 amide bonds. The van der Waals surface area contributed by atoms with Gasteiger partial charge in [0.25, 0.3) is 11.8 Å². The van der Waals surface area contributed by atoms with Crippen molar-refractivity contribution in [1.29, 1.82) is 5.26 Å². The first-order valence-corrected chi connectivity index (χ1v) is 6.22. The Hall–Kier alpha value is -1.67. The smallest absolute Gasteiger partial charge is 0.261 e. The summed E-state index contributed by atoms with van der Waals surface area (Å²) >= 11 is 3.27. The van der Waals surface area contributed by atoms with Crippen LogP contribution in [0.5, 0.6) is 0 Å². The molecular formula is C13H11BrN2O2. The van der Waals surface area contributed by atoms with Crippen LogP contribution in [0.25, 0.3) is 0 Å². The zero-order valence-electron chi connectivity index (χ0n) is 10.0. The van der Waals surface area contributed by atoms with Crippen molar-refractivity contribution in [3.8, 4) is 6.07 Å². The quantitative estimate of drug-likeness (QED) is 0.789. The predicted molar refractivity (Wildman–Crippen MR) is 68.9 cm³/mol. The molecule has 5 heteroatoms. The second kappa shape index (κ2) is 4.21. The van der Waals surface area contributed by atoms with Gasteiger partial charge >= 0.3 is 0 Å². The Morgan fingerprint density at radius 2 is 1.89 bits per heavy atom. The van der Waals surface area contributed by atoms with Crippen molar-refractivity contribution in [1.82, 2.24) is 4.90 Å². The van der Waals surface area contributed by atoms with Gasteiger partial charge in [-0.3, -0.25) is 14.5 Å². The molecule has 0 radical (unpaired) electrons. The third-order valence-electron chi connectivity index (χ3n) is 2.79. The number of carbonyl (C=O) groups is 2. The summed E-state index contributed by atoms with van der Waals surface area (Å²) in [5, 5.41) is 8.98. The maximum Gasteiger partial charge on any atom is 0.261 e. The van der Waals surface area contributed by atoms with Gasteiger partial charge in [0.15, 0.2) is 0 Å². The molecule has 18 heavy (non-hydrogen) atoms. The number of carbonyl (C=O) groups excluding carboxylic acids is 2. The van der Waals surface area contributed by atoms with Crippen LogP contribution in [-0.4, -0.2) is 23.3 Å². The van der Waals surface area contributed by atoms with Crippen LogP contribution in [0.2, 0.25) is 0 Å². The highest BCUT2D eigenvalue weighted by Gasteiger charge is 2.38. The molecule has 4 nitrogen and oxygen atoms in total. The van der Waals surface area contributed by atoms with E-state index in [0.717, 1.165) is 9.37 Å². The molecule has 0 bridgehead atoms. The third kappa shape index (κ3) is 2.04. The van der Waals surface area contributed by atoms with Crippen LogP contribution in [0, 0.1) is 16.7 Å². The number of imide groups is 1. The number of rotatable bonds is 2. The zero-order chi connectivity index (χ0) is 13.5. The lowest BCUT2D eigenvalue weighted by Crippen LogP contribution is -2.37. The fraction of sp³-hybridized carbons (Fsp3) is 0.308. The Morgan fingerprint density at radius 1 is 1.28 bits per heavy atom. The summed E-state index contributed by atoms with van der Waals surface area (Å²) in [5.41, 5.74) is 0.0463. The normalized spacial score (nSPS) is 14.7. The SMILES string of the molecule is CC(C)(C#N)CN1C(=O)c2ccc(Br)cc2C1=O.